The number of aromatic carboxylic acids is 1. The molecule has 0 bridgehead atoms. The second-order valence-corrected chi connectivity index (χ2v) is 3.95. The van der Waals surface area contributed by atoms with Gasteiger partial charge in [-0.1, -0.05) is 6.07 Å². The molecule has 2 rings (SSSR count). The van der Waals surface area contributed by atoms with Crippen molar-refractivity contribution in [2.24, 2.45) is 7.05 Å². The van der Waals surface area contributed by atoms with Crippen LogP contribution >= 0.6 is 0 Å². The molecule has 0 saturated carbocycles. The minimum Gasteiger partial charge on any atom is -0.477 e. The molecule has 0 spiro atoms. The predicted octanol–water partition coefficient (Wildman–Crippen LogP) is -0.311. The maximum atomic E-state index is 11.8. The first kappa shape index (κ1) is 12.7. The molecule has 7 heteroatoms. The van der Waals surface area contributed by atoms with Crippen molar-refractivity contribution in [1.82, 2.24) is 14.1 Å². The van der Waals surface area contributed by atoms with E-state index in [1.165, 1.54) is 36.0 Å². The summed E-state index contributed by atoms with van der Waals surface area (Å²) in [6.45, 7) is -0.0620. The van der Waals surface area contributed by atoms with Gasteiger partial charge in [-0.2, -0.15) is 0 Å². The zero-order valence-electron chi connectivity index (χ0n) is 10.1. The molecule has 98 valence electrons. The van der Waals surface area contributed by atoms with Gasteiger partial charge in [-0.25, -0.2) is 14.6 Å². The van der Waals surface area contributed by atoms with E-state index in [0.29, 0.717) is 5.69 Å². The van der Waals surface area contributed by atoms with Crippen LogP contribution < -0.4 is 11.2 Å². The average molecular weight is 261 g/mol. The third-order valence-corrected chi connectivity index (χ3v) is 2.59. The number of pyridine rings is 1. The summed E-state index contributed by atoms with van der Waals surface area (Å²) in [6, 6.07) is 5.69. The van der Waals surface area contributed by atoms with Crippen LogP contribution in [0.4, 0.5) is 0 Å². The molecule has 0 aromatic carbocycles. The molecule has 2 aromatic heterocycles. The number of carbonyl (C=O) groups is 1. The van der Waals surface area contributed by atoms with E-state index in [1.54, 1.807) is 6.07 Å². The maximum absolute atomic E-state index is 11.8. The van der Waals surface area contributed by atoms with Crippen LogP contribution in [-0.4, -0.2) is 25.2 Å². The zero-order chi connectivity index (χ0) is 14.0. The Morgan fingerprint density at radius 1 is 1.32 bits per heavy atom. The number of aromatic nitrogens is 3. The number of carboxylic acid groups (broad SMARTS) is 1. The maximum Gasteiger partial charge on any atom is 0.354 e. The van der Waals surface area contributed by atoms with E-state index in [2.05, 4.69) is 4.98 Å². The smallest absolute Gasteiger partial charge is 0.354 e. The highest BCUT2D eigenvalue weighted by molar-refractivity contribution is 5.85. The fourth-order valence-electron chi connectivity index (χ4n) is 1.61. The molecule has 0 saturated heterocycles. The molecule has 1 N–H and O–H groups in total. The second kappa shape index (κ2) is 4.89. The quantitative estimate of drug-likeness (QED) is 0.817. The lowest BCUT2D eigenvalue weighted by atomic mass is 10.3. The van der Waals surface area contributed by atoms with Gasteiger partial charge in [-0.05, 0) is 12.1 Å². The number of nitrogens with zero attached hydrogens (tertiary/aromatic N) is 3. The number of rotatable bonds is 3. The fraction of sp³-hybridized carbons (Fsp3) is 0.167. The van der Waals surface area contributed by atoms with Crippen LogP contribution in [0.15, 0.2) is 40.1 Å². The molecule has 0 unspecified atom stereocenters. The molecule has 0 amide bonds. The number of hydrogen-bond donors (Lipinski definition) is 1. The van der Waals surface area contributed by atoms with E-state index in [-0.39, 0.29) is 12.2 Å². The van der Waals surface area contributed by atoms with E-state index >= 15 is 0 Å². The van der Waals surface area contributed by atoms with Crippen LogP contribution in [0.1, 0.15) is 16.2 Å². The summed E-state index contributed by atoms with van der Waals surface area (Å²) >= 11 is 0. The van der Waals surface area contributed by atoms with Crippen molar-refractivity contribution < 1.29 is 9.90 Å². The Hall–Kier alpha value is -2.70. The summed E-state index contributed by atoms with van der Waals surface area (Å²) in [7, 11) is 1.53. The predicted molar refractivity (Wildman–Crippen MR) is 66.2 cm³/mol. The topological polar surface area (TPSA) is 94.2 Å². The first-order valence-corrected chi connectivity index (χ1v) is 5.45. The number of hydrogen-bond acceptors (Lipinski definition) is 4. The molecule has 0 aliphatic rings. The van der Waals surface area contributed by atoms with Crippen molar-refractivity contribution >= 4 is 5.97 Å². The summed E-state index contributed by atoms with van der Waals surface area (Å²) in [5.41, 5.74) is -0.718. The third kappa shape index (κ3) is 2.59. The van der Waals surface area contributed by atoms with Crippen LogP contribution in [-0.2, 0) is 13.6 Å². The van der Waals surface area contributed by atoms with Gasteiger partial charge in [0.1, 0.15) is 5.69 Å². The highest BCUT2D eigenvalue weighted by Gasteiger charge is 2.08. The molecule has 7 nitrogen and oxygen atoms in total. The van der Waals surface area contributed by atoms with Crippen LogP contribution in [0.2, 0.25) is 0 Å². The van der Waals surface area contributed by atoms with Gasteiger partial charge in [0.15, 0.2) is 0 Å². The summed E-state index contributed by atoms with van der Waals surface area (Å²) in [6.07, 6.45) is 1.38. The van der Waals surface area contributed by atoms with E-state index < -0.39 is 17.2 Å². The van der Waals surface area contributed by atoms with Crippen molar-refractivity contribution in [2.45, 2.75) is 6.54 Å². The lowest BCUT2D eigenvalue weighted by Gasteiger charge is -2.06. The molecule has 2 aromatic rings. The molecule has 0 fully saturated rings. The van der Waals surface area contributed by atoms with E-state index in [9.17, 15) is 14.4 Å². The first-order chi connectivity index (χ1) is 8.99. The summed E-state index contributed by atoms with van der Waals surface area (Å²) in [5, 5.41) is 8.83. The molecular weight excluding hydrogens is 250 g/mol. The Bertz CT molecular complexity index is 745. The Kier molecular flexibility index (Phi) is 3.28. The van der Waals surface area contributed by atoms with Crippen LogP contribution in [0.25, 0.3) is 0 Å². The average Bonchev–Trinajstić information content (AvgIpc) is 2.39. The van der Waals surface area contributed by atoms with Gasteiger partial charge in [0.2, 0.25) is 0 Å². The molecule has 2 heterocycles. The zero-order valence-corrected chi connectivity index (χ0v) is 10.1. The van der Waals surface area contributed by atoms with E-state index in [4.69, 9.17) is 5.11 Å². The van der Waals surface area contributed by atoms with Crippen LogP contribution in [0.3, 0.4) is 0 Å². The van der Waals surface area contributed by atoms with Crippen molar-refractivity contribution in [3.63, 3.8) is 0 Å². The van der Waals surface area contributed by atoms with Crippen LogP contribution in [0.5, 0.6) is 0 Å². The Labute approximate surface area is 107 Å². The summed E-state index contributed by atoms with van der Waals surface area (Å²) < 4.78 is 2.26. The molecule has 19 heavy (non-hydrogen) atoms. The summed E-state index contributed by atoms with van der Waals surface area (Å²) in [4.78, 5) is 38.1. The summed E-state index contributed by atoms with van der Waals surface area (Å²) in [5.74, 6) is -1.16. The monoisotopic (exact) mass is 261 g/mol. The Morgan fingerprint density at radius 3 is 2.74 bits per heavy atom. The standard InChI is InChI=1S/C12H11N3O4/c1-14-6-5-10(16)15(12(14)19)7-8-3-2-4-9(13-8)11(17)18/h2-6H,7H2,1H3,(H,17,18). The van der Waals surface area contributed by atoms with Gasteiger partial charge in [0.25, 0.3) is 5.56 Å². The van der Waals surface area contributed by atoms with Crippen molar-refractivity contribution in [1.29, 1.82) is 0 Å². The normalized spacial score (nSPS) is 10.4. The van der Waals surface area contributed by atoms with Gasteiger partial charge >= 0.3 is 11.7 Å². The first-order valence-electron chi connectivity index (χ1n) is 5.45. The van der Waals surface area contributed by atoms with Crippen molar-refractivity contribution in [3.05, 3.63) is 62.7 Å². The highest BCUT2D eigenvalue weighted by Crippen LogP contribution is 2.00. The number of aryl methyl sites for hydroxylation is 1. The third-order valence-electron chi connectivity index (χ3n) is 2.59. The van der Waals surface area contributed by atoms with Gasteiger partial charge < -0.3 is 9.67 Å². The second-order valence-electron chi connectivity index (χ2n) is 3.95. The molecule has 0 aliphatic heterocycles. The Morgan fingerprint density at radius 2 is 2.05 bits per heavy atom. The fourth-order valence-corrected chi connectivity index (χ4v) is 1.61. The van der Waals surface area contributed by atoms with Gasteiger partial charge in [-0.15, -0.1) is 0 Å². The lowest BCUT2D eigenvalue weighted by molar-refractivity contribution is 0.0690. The molecule has 0 radical (unpaired) electrons. The van der Waals surface area contributed by atoms with Gasteiger partial charge in [-0.3, -0.25) is 9.36 Å². The lowest BCUT2D eigenvalue weighted by Crippen LogP contribution is -2.38. The van der Waals surface area contributed by atoms with Crippen LogP contribution in [0, 0.1) is 0 Å². The van der Waals surface area contributed by atoms with Gasteiger partial charge in [0, 0.05) is 19.3 Å². The molecule has 0 aliphatic carbocycles. The van der Waals surface area contributed by atoms with E-state index in [0.717, 1.165) is 4.57 Å². The largest absolute Gasteiger partial charge is 0.477 e. The van der Waals surface area contributed by atoms with Crippen molar-refractivity contribution in [3.8, 4) is 0 Å². The Balaban J connectivity index is 2.45. The van der Waals surface area contributed by atoms with Gasteiger partial charge in [0.05, 0.1) is 12.2 Å². The highest BCUT2D eigenvalue weighted by atomic mass is 16.4. The van der Waals surface area contributed by atoms with E-state index in [1.807, 2.05) is 0 Å². The van der Waals surface area contributed by atoms with Crippen molar-refractivity contribution in [2.75, 3.05) is 0 Å². The molecular formula is C12H11N3O4. The minimum atomic E-state index is -1.16. The minimum absolute atomic E-state index is 0.0620. The number of carboxylic acids is 1. The SMILES string of the molecule is Cn1ccc(=O)n(Cc2cccc(C(=O)O)n2)c1=O. The molecule has 0 atom stereocenters.